The Kier molecular flexibility index (Phi) is 4.98. The van der Waals surface area contributed by atoms with Crippen LogP contribution in [0.15, 0.2) is 39.6 Å². The van der Waals surface area contributed by atoms with Gasteiger partial charge in [0.25, 0.3) is 21.7 Å². The van der Waals surface area contributed by atoms with Gasteiger partial charge in [0.15, 0.2) is 0 Å². The maximum atomic E-state index is 12.5. The molecule has 3 heterocycles. The Hall–Kier alpha value is -3.34. The standard InChI is InChI=1S/C19H21N7O3S/c1-12-11-13(2)26-19(20-12)22-17(23-26)18(27)21-14-6-8-15(9-7-14)30(28,29)24-16-5-4-10-25(16)3/h6-9,11H,4-5,10H2,1-3H3,(H,21,27)/b24-16+. The number of amides is 1. The predicted octanol–water partition coefficient (Wildman–Crippen LogP) is 1.81. The Balaban J connectivity index is 1.52. The van der Waals surface area contributed by atoms with Crippen molar-refractivity contribution in [3.05, 3.63) is 47.5 Å². The van der Waals surface area contributed by atoms with Gasteiger partial charge in [-0.1, -0.05) is 0 Å². The number of aryl methyl sites for hydroxylation is 2. The first-order valence-electron chi connectivity index (χ1n) is 9.40. The number of benzene rings is 1. The van der Waals surface area contributed by atoms with Crippen molar-refractivity contribution in [1.29, 1.82) is 0 Å². The minimum Gasteiger partial charge on any atom is -0.362 e. The summed E-state index contributed by atoms with van der Waals surface area (Å²) in [4.78, 5) is 22.8. The molecule has 0 atom stereocenters. The third kappa shape index (κ3) is 3.88. The highest BCUT2D eigenvalue weighted by atomic mass is 32.2. The fourth-order valence-corrected chi connectivity index (χ4v) is 4.35. The van der Waals surface area contributed by atoms with Crippen LogP contribution in [-0.4, -0.2) is 58.2 Å². The summed E-state index contributed by atoms with van der Waals surface area (Å²) in [5.74, 6) is 0.365. The summed E-state index contributed by atoms with van der Waals surface area (Å²) in [5.41, 5.74) is 2.01. The molecule has 0 radical (unpaired) electrons. The minimum atomic E-state index is -3.80. The molecule has 30 heavy (non-hydrogen) atoms. The molecule has 1 amide bonds. The summed E-state index contributed by atoms with van der Waals surface area (Å²) < 4.78 is 30.5. The molecule has 0 aliphatic carbocycles. The van der Waals surface area contributed by atoms with Crippen molar-refractivity contribution >= 4 is 33.2 Å². The van der Waals surface area contributed by atoms with Crippen LogP contribution in [-0.2, 0) is 10.0 Å². The highest BCUT2D eigenvalue weighted by molar-refractivity contribution is 7.90. The van der Waals surface area contributed by atoms with Crippen LogP contribution in [0.1, 0.15) is 34.8 Å². The third-order valence-electron chi connectivity index (χ3n) is 4.79. The van der Waals surface area contributed by atoms with Gasteiger partial charge in [-0.05, 0) is 50.6 Å². The van der Waals surface area contributed by atoms with Crippen LogP contribution in [0.2, 0.25) is 0 Å². The second-order valence-corrected chi connectivity index (χ2v) is 8.78. The largest absolute Gasteiger partial charge is 0.362 e. The number of sulfonamides is 1. The van der Waals surface area contributed by atoms with Crippen molar-refractivity contribution in [2.24, 2.45) is 4.40 Å². The number of hydrogen-bond donors (Lipinski definition) is 1. The smallest absolute Gasteiger partial charge is 0.295 e. The van der Waals surface area contributed by atoms with Crippen LogP contribution in [0.5, 0.6) is 0 Å². The van der Waals surface area contributed by atoms with Gasteiger partial charge in [0.2, 0.25) is 5.82 Å². The van der Waals surface area contributed by atoms with Gasteiger partial charge in [0.05, 0.1) is 4.90 Å². The first-order valence-corrected chi connectivity index (χ1v) is 10.8. The Morgan fingerprint density at radius 2 is 1.90 bits per heavy atom. The Labute approximate surface area is 173 Å². The lowest BCUT2D eigenvalue weighted by Gasteiger charge is -2.11. The van der Waals surface area contributed by atoms with Gasteiger partial charge < -0.3 is 10.2 Å². The highest BCUT2D eigenvalue weighted by Gasteiger charge is 2.21. The van der Waals surface area contributed by atoms with E-state index in [1.165, 1.54) is 28.8 Å². The quantitative estimate of drug-likeness (QED) is 0.674. The molecular formula is C19H21N7O3S. The lowest BCUT2D eigenvalue weighted by molar-refractivity contribution is 0.101. The molecule has 156 valence electrons. The number of anilines is 1. The van der Waals surface area contributed by atoms with E-state index < -0.39 is 15.9 Å². The Bertz CT molecular complexity index is 1260. The third-order valence-corrected chi connectivity index (χ3v) is 6.11. The molecule has 0 bridgehead atoms. The summed E-state index contributed by atoms with van der Waals surface area (Å²) >= 11 is 0. The van der Waals surface area contributed by atoms with E-state index in [9.17, 15) is 13.2 Å². The monoisotopic (exact) mass is 427 g/mol. The van der Waals surface area contributed by atoms with E-state index in [-0.39, 0.29) is 10.7 Å². The van der Waals surface area contributed by atoms with Gasteiger partial charge in [-0.2, -0.15) is 13.4 Å². The van der Waals surface area contributed by atoms with E-state index in [0.717, 1.165) is 24.4 Å². The Morgan fingerprint density at radius 3 is 2.57 bits per heavy atom. The molecule has 0 saturated carbocycles. The molecule has 1 aliphatic rings. The SMILES string of the molecule is Cc1cc(C)n2nc(C(=O)Nc3ccc(S(=O)(=O)/N=C4\CCCN4C)cc3)nc2n1. The van der Waals surface area contributed by atoms with Crippen LogP contribution in [0.4, 0.5) is 5.69 Å². The molecule has 2 aromatic heterocycles. The molecular weight excluding hydrogens is 406 g/mol. The van der Waals surface area contributed by atoms with Crippen molar-refractivity contribution in [2.45, 2.75) is 31.6 Å². The molecule has 0 spiro atoms. The van der Waals surface area contributed by atoms with Crippen molar-refractivity contribution < 1.29 is 13.2 Å². The minimum absolute atomic E-state index is 0.0245. The summed E-state index contributed by atoms with van der Waals surface area (Å²) in [6.45, 7) is 4.49. The molecule has 1 N–H and O–H groups in total. The number of aromatic nitrogens is 4. The lowest BCUT2D eigenvalue weighted by Crippen LogP contribution is -2.20. The fourth-order valence-electron chi connectivity index (χ4n) is 3.26. The van der Waals surface area contributed by atoms with Crippen LogP contribution >= 0.6 is 0 Å². The maximum Gasteiger partial charge on any atom is 0.295 e. The number of nitrogens with one attached hydrogen (secondary N) is 1. The topological polar surface area (TPSA) is 122 Å². The summed E-state index contributed by atoms with van der Waals surface area (Å²) in [5, 5.41) is 6.85. The average molecular weight is 427 g/mol. The number of rotatable bonds is 4. The normalized spacial score (nSPS) is 15.8. The molecule has 1 aliphatic heterocycles. The van der Waals surface area contributed by atoms with Gasteiger partial charge >= 0.3 is 0 Å². The number of carbonyl (C=O) groups excluding carboxylic acids is 1. The fraction of sp³-hybridized carbons (Fsp3) is 0.316. The molecule has 1 aromatic carbocycles. The van der Waals surface area contributed by atoms with Crippen LogP contribution < -0.4 is 5.32 Å². The molecule has 4 rings (SSSR count). The molecule has 1 fully saturated rings. The molecule has 10 nitrogen and oxygen atoms in total. The van der Waals surface area contributed by atoms with Crippen molar-refractivity contribution in [1.82, 2.24) is 24.5 Å². The second-order valence-electron chi connectivity index (χ2n) is 7.17. The first kappa shape index (κ1) is 20.0. The maximum absolute atomic E-state index is 12.5. The van der Waals surface area contributed by atoms with E-state index in [2.05, 4.69) is 24.8 Å². The zero-order valence-corrected chi connectivity index (χ0v) is 17.6. The van der Waals surface area contributed by atoms with Crippen LogP contribution in [0.3, 0.4) is 0 Å². The number of fused-ring (bicyclic) bond motifs is 1. The molecule has 1 saturated heterocycles. The van der Waals surface area contributed by atoms with Crippen LogP contribution in [0, 0.1) is 13.8 Å². The van der Waals surface area contributed by atoms with Gasteiger partial charge in [-0.3, -0.25) is 4.79 Å². The van der Waals surface area contributed by atoms with Gasteiger partial charge in [0.1, 0.15) is 5.84 Å². The Morgan fingerprint density at radius 1 is 1.17 bits per heavy atom. The predicted molar refractivity (Wildman–Crippen MR) is 111 cm³/mol. The van der Waals surface area contributed by atoms with E-state index >= 15 is 0 Å². The highest BCUT2D eigenvalue weighted by Crippen LogP contribution is 2.19. The van der Waals surface area contributed by atoms with Crippen molar-refractivity contribution in [3.8, 4) is 0 Å². The number of carbonyl (C=O) groups is 1. The van der Waals surface area contributed by atoms with E-state index in [4.69, 9.17) is 0 Å². The summed E-state index contributed by atoms with van der Waals surface area (Å²) in [7, 11) is -1.98. The second kappa shape index (κ2) is 7.48. The zero-order valence-electron chi connectivity index (χ0n) is 16.8. The molecule has 0 unspecified atom stereocenters. The number of likely N-dealkylation sites (tertiary alicyclic amines) is 1. The van der Waals surface area contributed by atoms with Gasteiger partial charge in [-0.25, -0.2) is 9.50 Å². The first-order chi connectivity index (χ1) is 14.2. The van der Waals surface area contributed by atoms with Crippen LogP contribution in [0.25, 0.3) is 5.78 Å². The van der Waals surface area contributed by atoms with E-state index in [1.54, 1.807) is 0 Å². The molecule has 3 aromatic rings. The summed E-state index contributed by atoms with van der Waals surface area (Å²) in [6.07, 6.45) is 1.53. The zero-order chi connectivity index (χ0) is 21.5. The summed E-state index contributed by atoms with van der Waals surface area (Å²) in [6, 6.07) is 7.68. The van der Waals surface area contributed by atoms with Gasteiger partial charge in [-0.15, -0.1) is 9.50 Å². The van der Waals surface area contributed by atoms with E-state index in [1.807, 2.05) is 31.9 Å². The number of amidine groups is 1. The van der Waals surface area contributed by atoms with E-state index in [0.29, 0.717) is 23.7 Å². The average Bonchev–Trinajstić information content (AvgIpc) is 3.28. The number of hydrogen-bond acceptors (Lipinski definition) is 6. The van der Waals surface area contributed by atoms with Crippen molar-refractivity contribution in [2.75, 3.05) is 18.9 Å². The van der Waals surface area contributed by atoms with Gasteiger partial charge in [0, 0.05) is 37.1 Å². The number of nitrogens with zero attached hydrogens (tertiary/aromatic N) is 6. The lowest BCUT2D eigenvalue weighted by atomic mass is 10.3. The molecule has 11 heteroatoms. The van der Waals surface area contributed by atoms with Crippen molar-refractivity contribution in [3.63, 3.8) is 0 Å².